The highest BCUT2D eigenvalue weighted by Gasteiger charge is 2.16. The molecule has 0 unspecified atom stereocenters. The van der Waals surface area contributed by atoms with E-state index in [0.717, 1.165) is 17.8 Å². The zero-order chi connectivity index (χ0) is 13.4. The number of nitrogens with zero attached hydrogens (tertiary/aromatic N) is 1. The molecule has 0 aliphatic carbocycles. The van der Waals surface area contributed by atoms with Gasteiger partial charge in [0.2, 0.25) is 0 Å². The third-order valence-corrected chi connectivity index (χ3v) is 3.12. The third-order valence-electron chi connectivity index (χ3n) is 2.25. The fourth-order valence-electron chi connectivity index (χ4n) is 1.30. The van der Waals surface area contributed by atoms with E-state index < -0.39 is 0 Å². The lowest BCUT2D eigenvalue weighted by atomic mass is 10.1. The van der Waals surface area contributed by atoms with Crippen LogP contribution in [0.2, 0.25) is 0 Å². The van der Waals surface area contributed by atoms with E-state index >= 15 is 0 Å². The Bertz CT molecular complexity index is 386. The van der Waals surface area contributed by atoms with Gasteiger partial charge in [-0.2, -0.15) is 5.10 Å². The van der Waals surface area contributed by atoms with E-state index in [1.807, 2.05) is 17.5 Å². The Kier molecular flexibility index (Phi) is 6.43. The normalized spacial score (nSPS) is 11.7. The molecular weight excluding hydrogens is 248 g/mol. The summed E-state index contributed by atoms with van der Waals surface area (Å²) in [7, 11) is 0. The molecule has 0 aromatic carbocycles. The summed E-state index contributed by atoms with van der Waals surface area (Å²) in [5, 5.41) is 6.07. The van der Waals surface area contributed by atoms with Gasteiger partial charge in [-0.15, -0.1) is 11.3 Å². The zero-order valence-electron chi connectivity index (χ0n) is 11.1. The number of hydrazone groups is 1. The molecule has 18 heavy (non-hydrogen) atoms. The van der Waals surface area contributed by atoms with Crippen LogP contribution in [0, 0.1) is 5.92 Å². The molecule has 1 heterocycles. The van der Waals surface area contributed by atoms with Crippen molar-refractivity contribution in [3.8, 4) is 0 Å². The van der Waals surface area contributed by atoms with Gasteiger partial charge in [0.1, 0.15) is 0 Å². The Hall–Kier alpha value is -1.36. The van der Waals surface area contributed by atoms with Crippen LogP contribution in [0.4, 0.5) is 0 Å². The highest BCUT2D eigenvalue weighted by Crippen LogP contribution is 2.11. The molecule has 0 atom stereocenters. The van der Waals surface area contributed by atoms with Crippen LogP contribution in [-0.4, -0.2) is 24.8 Å². The predicted octanol–water partition coefficient (Wildman–Crippen LogP) is 2.65. The number of esters is 1. The molecule has 0 fully saturated rings. The largest absolute Gasteiger partial charge is 0.461 e. The van der Waals surface area contributed by atoms with Crippen molar-refractivity contribution in [2.24, 2.45) is 11.0 Å². The summed E-state index contributed by atoms with van der Waals surface area (Å²) >= 11 is 1.48. The lowest BCUT2D eigenvalue weighted by Crippen LogP contribution is -2.22. The van der Waals surface area contributed by atoms with Crippen LogP contribution in [0.3, 0.4) is 0 Å². The third kappa shape index (κ3) is 4.87. The maximum Gasteiger partial charge on any atom is 0.360 e. The van der Waals surface area contributed by atoms with E-state index in [0.29, 0.717) is 18.2 Å². The van der Waals surface area contributed by atoms with E-state index in [2.05, 4.69) is 24.4 Å². The predicted molar refractivity (Wildman–Crippen MR) is 74.9 cm³/mol. The Morgan fingerprint density at radius 2 is 2.33 bits per heavy atom. The quantitative estimate of drug-likeness (QED) is 0.358. The minimum Gasteiger partial charge on any atom is -0.461 e. The topological polar surface area (TPSA) is 50.7 Å². The first-order chi connectivity index (χ1) is 8.65. The second kappa shape index (κ2) is 7.87. The van der Waals surface area contributed by atoms with Gasteiger partial charge < -0.3 is 10.2 Å². The molecule has 0 aliphatic heterocycles. The fourth-order valence-corrected chi connectivity index (χ4v) is 2.00. The van der Waals surface area contributed by atoms with Crippen LogP contribution in [0.5, 0.6) is 0 Å². The van der Waals surface area contributed by atoms with Crippen LogP contribution in [0.15, 0.2) is 22.6 Å². The molecule has 0 bridgehead atoms. The van der Waals surface area contributed by atoms with E-state index in [-0.39, 0.29) is 5.97 Å². The van der Waals surface area contributed by atoms with Gasteiger partial charge in [-0.1, -0.05) is 19.9 Å². The van der Waals surface area contributed by atoms with Crippen LogP contribution in [0.25, 0.3) is 0 Å². The Labute approximate surface area is 112 Å². The molecule has 1 rings (SSSR count). The maximum atomic E-state index is 11.8. The smallest absolute Gasteiger partial charge is 0.360 e. The average Bonchev–Trinajstić information content (AvgIpc) is 2.82. The van der Waals surface area contributed by atoms with E-state index in [9.17, 15) is 4.79 Å². The van der Waals surface area contributed by atoms with Gasteiger partial charge in [0.15, 0.2) is 5.71 Å². The van der Waals surface area contributed by atoms with E-state index in [4.69, 9.17) is 4.74 Å². The van der Waals surface area contributed by atoms with Crippen molar-refractivity contribution in [3.63, 3.8) is 0 Å². The van der Waals surface area contributed by atoms with Gasteiger partial charge in [-0.3, -0.25) is 0 Å². The summed E-state index contributed by atoms with van der Waals surface area (Å²) in [6, 6.07) is 3.76. The molecule has 4 nitrogen and oxygen atoms in total. The molecule has 0 aliphatic rings. The second-order valence-corrected chi connectivity index (χ2v) is 5.20. The molecule has 1 aromatic rings. The number of hydrogen-bond acceptors (Lipinski definition) is 5. The van der Waals surface area contributed by atoms with E-state index in [1.54, 1.807) is 6.92 Å². The van der Waals surface area contributed by atoms with Crippen molar-refractivity contribution in [3.05, 3.63) is 22.4 Å². The van der Waals surface area contributed by atoms with Crippen molar-refractivity contribution < 1.29 is 9.53 Å². The fraction of sp³-hybridized carbons (Fsp3) is 0.538. The van der Waals surface area contributed by atoms with Gasteiger partial charge >= 0.3 is 5.97 Å². The van der Waals surface area contributed by atoms with Crippen LogP contribution in [-0.2, 0) is 9.53 Å². The molecule has 0 spiro atoms. The molecule has 0 saturated carbocycles. The first-order valence-corrected chi connectivity index (χ1v) is 7.04. The van der Waals surface area contributed by atoms with Gasteiger partial charge in [0, 0.05) is 6.54 Å². The minimum absolute atomic E-state index is 0.356. The standard InChI is InChI=1S/C13H20N2O2S/c1-4-17-13(16)12(11-6-5-9-18-11)15-14-8-7-10(2)3/h5-6,9-10,14H,4,7-8H2,1-3H3/b15-12+. The summed E-state index contributed by atoms with van der Waals surface area (Å²) in [5.74, 6) is 0.234. The number of carbonyl (C=O) groups excluding carboxylic acids is 1. The van der Waals surface area contributed by atoms with Gasteiger partial charge in [-0.05, 0) is 30.7 Å². The van der Waals surface area contributed by atoms with E-state index in [1.165, 1.54) is 11.3 Å². The highest BCUT2D eigenvalue weighted by molar-refractivity contribution is 7.13. The van der Waals surface area contributed by atoms with Crippen LogP contribution >= 0.6 is 11.3 Å². The lowest BCUT2D eigenvalue weighted by molar-refractivity contribution is -0.134. The Morgan fingerprint density at radius 3 is 2.89 bits per heavy atom. The number of nitrogens with one attached hydrogen (secondary N) is 1. The summed E-state index contributed by atoms with van der Waals surface area (Å²) in [6.45, 7) is 7.20. The molecule has 1 aromatic heterocycles. The summed E-state index contributed by atoms with van der Waals surface area (Å²) in [5.41, 5.74) is 3.30. The summed E-state index contributed by atoms with van der Waals surface area (Å²) < 4.78 is 5.00. The Balaban J connectivity index is 2.66. The first kappa shape index (κ1) is 14.7. The molecule has 1 N–H and O–H groups in total. The molecule has 0 saturated heterocycles. The number of hydrogen-bond donors (Lipinski definition) is 1. The molecular formula is C13H20N2O2S. The van der Waals surface area contributed by atoms with Crippen molar-refractivity contribution in [2.75, 3.05) is 13.2 Å². The number of rotatable bonds is 7. The highest BCUT2D eigenvalue weighted by atomic mass is 32.1. The lowest BCUT2D eigenvalue weighted by Gasteiger charge is -2.06. The van der Waals surface area contributed by atoms with Gasteiger partial charge in [-0.25, -0.2) is 4.79 Å². The van der Waals surface area contributed by atoms with Crippen molar-refractivity contribution in [1.82, 2.24) is 5.43 Å². The summed E-state index contributed by atoms with van der Waals surface area (Å²) in [4.78, 5) is 12.6. The van der Waals surface area contributed by atoms with Gasteiger partial charge in [0.25, 0.3) is 0 Å². The van der Waals surface area contributed by atoms with Gasteiger partial charge in [0.05, 0.1) is 11.5 Å². The molecule has 100 valence electrons. The van der Waals surface area contributed by atoms with Crippen molar-refractivity contribution in [1.29, 1.82) is 0 Å². The molecule has 0 radical (unpaired) electrons. The SMILES string of the molecule is CCOC(=O)/C(=N/NCCC(C)C)c1cccs1. The monoisotopic (exact) mass is 268 g/mol. The zero-order valence-corrected chi connectivity index (χ0v) is 11.9. The van der Waals surface area contributed by atoms with Crippen LogP contribution in [0.1, 0.15) is 32.1 Å². The average molecular weight is 268 g/mol. The Morgan fingerprint density at radius 1 is 1.56 bits per heavy atom. The molecule has 0 amide bonds. The van der Waals surface area contributed by atoms with Crippen LogP contribution < -0.4 is 5.43 Å². The summed E-state index contributed by atoms with van der Waals surface area (Å²) in [6.07, 6.45) is 1.02. The number of ether oxygens (including phenoxy) is 1. The number of carbonyl (C=O) groups is 1. The second-order valence-electron chi connectivity index (χ2n) is 4.25. The first-order valence-electron chi connectivity index (χ1n) is 6.16. The number of thiophene rings is 1. The molecule has 5 heteroatoms. The maximum absolute atomic E-state index is 11.8. The van der Waals surface area contributed by atoms with Crippen molar-refractivity contribution in [2.45, 2.75) is 27.2 Å². The van der Waals surface area contributed by atoms with Crippen molar-refractivity contribution >= 4 is 23.0 Å². The minimum atomic E-state index is -0.378.